The van der Waals surface area contributed by atoms with Crippen molar-refractivity contribution in [1.29, 1.82) is 0 Å². The number of aryl methyl sites for hydroxylation is 1. The number of benzene rings is 1. The van der Waals surface area contributed by atoms with Crippen LogP contribution in [0.1, 0.15) is 29.0 Å². The third kappa shape index (κ3) is 3.70. The van der Waals surface area contributed by atoms with E-state index < -0.39 is 0 Å². The lowest BCUT2D eigenvalue weighted by molar-refractivity contribution is 0.214. The summed E-state index contributed by atoms with van der Waals surface area (Å²) in [7, 11) is 2.15. The Morgan fingerprint density at radius 2 is 2.05 bits per heavy atom. The smallest absolute Gasteiger partial charge is 0.0591 e. The average molecular weight is 353 g/mol. The number of nitrogens with zero attached hydrogens (tertiary/aromatic N) is 1. The summed E-state index contributed by atoms with van der Waals surface area (Å²) < 4.78 is 1.13. The summed E-state index contributed by atoms with van der Waals surface area (Å²) in [4.78, 5) is 3.65. The van der Waals surface area contributed by atoms with Crippen LogP contribution in [-0.2, 0) is 6.54 Å². The molecule has 2 N–H and O–H groups in total. The molecule has 2 nitrogen and oxygen atoms in total. The molecule has 2 aromatic rings. The molecular formula is C16H21BrN2S. The van der Waals surface area contributed by atoms with Crippen LogP contribution in [0.3, 0.4) is 0 Å². The number of hydrogen-bond donors (Lipinski definition) is 1. The highest BCUT2D eigenvalue weighted by Gasteiger charge is 2.23. The van der Waals surface area contributed by atoms with Crippen LogP contribution in [0, 0.1) is 6.92 Å². The number of halogens is 1. The van der Waals surface area contributed by atoms with E-state index in [0.29, 0.717) is 0 Å². The Hall–Kier alpha value is -0.680. The van der Waals surface area contributed by atoms with Crippen molar-refractivity contribution < 1.29 is 0 Å². The molecule has 0 aliphatic heterocycles. The Morgan fingerprint density at radius 3 is 2.60 bits per heavy atom. The summed E-state index contributed by atoms with van der Waals surface area (Å²) in [6.45, 7) is 5.15. The van der Waals surface area contributed by atoms with Crippen LogP contribution >= 0.6 is 27.3 Å². The summed E-state index contributed by atoms with van der Waals surface area (Å²) in [5.41, 5.74) is 8.91. The first-order valence-corrected chi connectivity index (χ1v) is 8.40. The van der Waals surface area contributed by atoms with Gasteiger partial charge in [0, 0.05) is 27.3 Å². The molecule has 1 heterocycles. The zero-order valence-corrected chi connectivity index (χ0v) is 14.5. The van der Waals surface area contributed by atoms with Gasteiger partial charge in [0.05, 0.1) is 6.04 Å². The Labute approximate surface area is 133 Å². The maximum atomic E-state index is 6.22. The van der Waals surface area contributed by atoms with Crippen LogP contribution in [0.25, 0.3) is 0 Å². The minimum Gasteiger partial charge on any atom is -0.326 e. The highest BCUT2D eigenvalue weighted by atomic mass is 79.9. The zero-order chi connectivity index (χ0) is 14.7. The van der Waals surface area contributed by atoms with Crippen molar-refractivity contribution in [2.24, 2.45) is 5.73 Å². The van der Waals surface area contributed by atoms with Gasteiger partial charge in [0.1, 0.15) is 0 Å². The van der Waals surface area contributed by atoms with Crippen molar-refractivity contribution >= 4 is 27.3 Å². The van der Waals surface area contributed by atoms with Crippen molar-refractivity contribution in [2.75, 3.05) is 7.05 Å². The van der Waals surface area contributed by atoms with Gasteiger partial charge in [0.2, 0.25) is 0 Å². The molecule has 0 saturated carbocycles. The van der Waals surface area contributed by atoms with Crippen LogP contribution in [-0.4, -0.2) is 18.0 Å². The molecule has 0 bridgehead atoms. The molecule has 1 aromatic heterocycles. The van der Waals surface area contributed by atoms with Crippen molar-refractivity contribution in [1.82, 2.24) is 4.90 Å². The summed E-state index contributed by atoms with van der Waals surface area (Å²) in [5, 5.41) is 2.12. The van der Waals surface area contributed by atoms with Crippen molar-refractivity contribution in [3.8, 4) is 0 Å². The molecule has 2 atom stereocenters. The van der Waals surface area contributed by atoms with E-state index in [4.69, 9.17) is 5.73 Å². The van der Waals surface area contributed by atoms with Crippen LogP contribution in [0.2, 0.25) is 0 Å². The largest absolute Gasteiger partial charge is 0.326 e. The fourth-order valence-corrected chi connectivity index (χ4v) is 4.24. The van der Waals surface area contributed by atoms with Gasteiger partial charge in [-0.25, -0.2) is 0 Å². The fourth-order valence-electron chi connectivity index (χ4n) is 2.52. The first-order valence-electron chi connectivity index (χ1n) is 6.73. The van der Waals surface area contributed by atoms with Gasteiger partial charge in [-0.05, 0) is 54.0 Å². The Bertz CT molecular complexity index is 565. The fraction of sp³-hybridized carbons (Fsp3) is 0.375. The number of hydrogen-bond acceptors (Lipinski definition) is 3. The lowest BCUT2D eigenvalue weighted by atomic mass is 10.0. The molecule has 0 amide bonds. The highest BCUT2D eigenvalue weighted by molar-refractivity contribution is 9.10. The number of nitrogens with two attached hydrogens (primary N) is 1. The van der Waals surface area contributed by atoms with Crippen molar-refractivity contribution in [3.05, 3.63) is 56.2 Å². The molecule has 108 valence electrons. The van der Waals surface area contributed by atoms with Gasteiger partial charge in [-0.3, -0.25) is 4.90 Å². The summed E-state index contributed by atoms with van der Waals surface area (Å²) in [5.74, 6) is 0. The Kier molecular flexibility index (Phi) is 5.38. The second-order valence-electron chi connectivity index (χ2n) is 5.31. The van der Waals surface area contributed by atoms with E-state index in [2.05, 4.69) is 77.4 Å². The first kappa shape index (κ1) is 15.7. The SMILES string of the molecule is Cc1ccccc1CN(C)C(c1cc(Br)cs1)C(C)N. The Balaban J connectivity index is 2.20. The van der Waals surface area contributed by atoms with Crippen LogP contribution < -0.4 is 5.73 Å². The topological polar surface area (TPSA) is 29.3 Å². The summed E-state index contributed by atoms with van der Waals surface area (Å²) >= 11 is 5.29. The highest BCUT2D eigenvalue weighted by Crippen LogP contribution is 2.31. The molecule has 0 radical (unpaired) electrons. The molecule has 0 fully saturated rings. The van der Waals surface area contributed by atoms with Gasteiger partial charge in [-0.15, -0.1) is 11.3 Å². The monoisotopic (exact) mass is 352 g/mol. The predicted octanol–water partition coefficient (Wildman–Crippen LogP) is 4.34. The third-order valence-electron chi connectivity index (χ3n) is 3.53. The first-order chi connectivity index (χ1) is 9.49. The normalized spacial score (nSPS) is 14.5. The van der Waals surface area contributed by atoms with E-state index in [0.717, 1.165) is 11.0 Å². The maximum absolute atomic E-state index is 6.22. The number of likely N-dealkylation sites (N-methyl/N-ethyl adjacent to an activating group) is 1. The van der Waals surface area contributed by atoms with E-state index in [1.807, 2.05) is 0 Å². The Morgan fingerprint density at radius 1 is 1.35 bits per heavy atom. The maximum Gasteiger partial charge on any atom is 0.0591 e. The second kappa shape index (κ2) is 6.85. The minimum atomic E-state index is 0.0922. The predicted molar refractivity (Wildman–Crippen MR) is 91.1 cm³/mol. The van der Waals surface area contributed by atoms with Gasteiger partial charge < -0.3 is 5.73 Å². The van der Waals surface area contributed by atoms with Gasteiger partial charge in [-0.2, -0.15) is 0 Å². The summed E-state index contributed by atoms with van der Waals surface area (Å²) in [6.07, 6.45) is 0. The molecule has 2 rings (SSSR count). The standard InChI is InChI=1S/C16H21BrN2S/c1-11-6-4-5-7-13(11)9-19(3)16(12(2)18)15-8-14(17)10-20-15/h4-8,10,12,16H,9,18H2,1-3H3. The third-order valence-corrected chi connectivity index (χ3v) is 5.30. The molecule has 4 heteroatoms. The van der Waals surface area contributed by atoms with Gasteiger partial charge >= 0.3 is 0 Å². The lowest BCUT2D eigenvalue weighted by Crippen LogP contribution is -2.36. The van der Waals surface area contributed by atoms with E-state index in [-0.39, 0.29) is 12.1 Å². The molecule has 1 aromatic carbocycles. The van der Waals surface area contributed by atoms with E-state index in [1.54, 1.807) is 11.3 Å². The minimum absolute atomic E-state index is 0.0922. The molecule has 0 aliphatic carbocycles. The van der Waals surface area contributed by atoms with E-state index in [9.17, 15) is 0 Å². The molecule has 0 spiro atoms. The van der Waals surface area contributed by atoms with Crippen LogP contribution in [0.4, 0.5) is 0 Å². The molecule has 20 heavy (non-hydrogen) atoms. The van der Waals surface area contributed by atoms with Gasteiger partial charge in [0.25, 0.3) is 0 Å². The van der Waals surface area contributed by atoms with E-state index >= 15 is 0 Å². The quantitative estimate of drug-likeness (QED) is 0.866. The van der Waals surface area contributed by atoms with Crippen molar-refractivity contribution in [2.45, 2.75) is 32.5 Å². The second-order valence-corrected chi connectivity index (χ2v) is 7.17. The lowest BCUT2D eigenvalue weighted by Gasteiger charge is -2.30. The van der Waals surface area contributed by atoms with E-state index in [1.165, 1.54) is 16.0 Å². The molecule has 0 aliphatic rings. The van der Waals surface area contributed by atoms with Gasteiger partial charge in [-0.1, -0.05) is 24.3 Å². The number of rotatable bonds is 5. The number of thiophene rings is 1. The van der Waals surface area contributed by atoms with Crippen LogP contribution in [0.5, 0.6) is 0 Å². The molecular weight excluding hydrogens is 332 g/mol. The van der Waals surface area contributed by atoms with Crippen molar-refractivity contribution in [3.63, 3.8) is 0 Å². The average Bonchev–Trinajstić information content (AvgIpc) is 2.78. The van der Waals surface area contributed by atoms with Crippen LogP contribution in [0.15, 0.2) is 40.2 Å². The van der Waals surface area contributed by atoms with Gasteiger partial charge in [0.15, 0.2) is 0 Å². The summed E-state index contributed by atoms with van der Waals surface area (Å²) in [6, 6.07) is 11.0. The molecule has 2 unspecified atom stereocenters. The molecule has 0 saturated heterocycles. The zero-order valence-electron chi connectivity index (χ0n) is 12.1.